The average molecular weight is 274 g/mol. The number of aromatic nitrogens is 2. The fraction of sp³-hybridized carbons (Fsp3) is 0.154. The molecule has 102 valence electrons. The van der Waals surface area contributed by atoms with Crippen molar-refractivity contribution in [1.82, 2.24) is 10.2 Å². The summed E-state index contributed by atoms with van der Waals surface area (Å²) in [6, 6.07) is 5.16. The van der Waals surface area contributed by atoms with E-state index in [1.165, 1.54) is 7.11 Å². The highest BCUT2D eigenvalue weighted by Crippen LogP contribution is 2.35. The largest absolute Gasteiger partial charge is 0.493 e. The number of aliphatic carboxylic acids is 1. The number of nitrogens with one attached hydrogen (secondary N) is 1. The number of carboxylic acid groups (broad SMARTS) is 1. The molecule has 0 atom stereocenters. The Kier molecular flexibility index (Phi) is 2.67. The van der Waals surface area contributed by atoms with Crippen molar-refractivity contribution in [2.24, 2.45) is 0 Å². The number of benzene rings is 1. The van der Waals surface area contributed by atoms with Crippen molar-refractivity contribution in [3.8, 4) is 17.0 Å². The van der Waals surface area contributed by atoms with Crippen LogP contribution < -0.4 is 10.3 Å². The van der Waals surface area contributed by atoms with Gasteiger partial charge in [-0.3, -0.25) is 9.59 Å². The molecule has 0 spiro atoms. The molecular weight excluding hydrogens is 264 g/mol. The van der Waals surface area contributed by atoms with E-state index in [9.17, 15) is 9.59 Å². The molecule has 0 aliphatic carbocycles. The molecule has 1 aromatic rings. The smallest absolute Gasteiger partial charge is 0.311 e. The third-order valence-electron chi connectivity index (χ3n) is 3.00. The molecule has 1 aromatic carbocycles. The third kappa shape index (κ3) is 1.71. The van der Waals surface area contributed by atoms with Crippen molar-refractivity contribution in [2.45, 2.75) is 6.42 Å². The monoisotopic (exact) mass is 274 g/mol. The lowest BCUT2D eigenvalue weighted by Crippen LogP contribution is -2.08. The van der Waals surface area contributed by atoms with Gasteiger partial charge in [-0.15, -0.1) is 0 Å². The van der Waals surface area contributed by atoms with Crippen LogP contribution in [0.2, 0.25) is 0 Å². The van der Waals surface area contributed by atoms with E-state index in [2.05, 4.69) is 10.2 Å². The van der Waals surface area contributed by atoms with Gasteiger partial charge in [0.05, 0.1) is 7.11 Å². The first-order chi connectivity index (χ1) is 9.61. The summed E-state index contributed by atoms with van der Waals surface area (Å²) in [5.74, 6) is -0.584. The van der Waals surface area contributed by atoms with Gasteiger partial charge in [0.25, 0.3) is 5.56 Å². The number of carboxylic acids is 1. The van der Waals surface area contributed by atoms with Crippen LogP contribution in [0.3, 0.4) is 0 Å². The van der Waals surface area contributed by atoms with Crippen LogP contribution in [0.15, 0.2) is 27.4 Å². The van der Waals surface area contributed by atoms with Crippen molar-refractivity contribution in [3.05, 3.63) is 34.3 Å². The zero-order chi connectivity index (χ0) is 14.3. The summed E-state index contributed by atoms with van der Waals surface area (Å²) in [5, 5.41) is 15.8. The molecule has 0 bridgehead atoms. The van der Waals surface area contributed by atoms with Crippen LogP contribution in [-0.2, 0) is 11.2 Å². The first kappa shape index (κ1) is 12.2. The summed E-state index contributed by atoms with van der Waals surface area (Å²) in [4.78, 5) is 22.7. The second kappa shape index (κ2) is 4.37. The molecule has 0 unspecified atom stereocenters. The second-order valence-electron chi connectivity index (χ2n) is 4.21. The van der Waals surface area contributed by atoms with Crippen LogP contribution in [0.4, 0.5) is 0 Å². The SMILES string of the molecule is COc1cccc2c3n[nH]c(=O)c-3c(CC(=O)O)oc12. The average Bonchev–Trinajstić information content (AvgIpc) is 2.80. The van der Waals surface area contributed by atoms with Crippen LogP contribution in [0.5, 0.6) is 5.75 Å². The molecule has 2 aliphatic heterocycles. The lowest BCUT2D eigenvalue weighted by atomic mass is 10.1. The minimum atomic E-state index is -1.09. The molecule has 7 heteroatoms. The van der Waals surface area contributed by atoms with Gasteiger partial charge < -0.3 is 14.3 Å². The van der Waals surface area contributed by atoms with E-state index in [1.54, 1.807) is 18.2 Å². The number of aromatic amines is 1. The van der Waals surface area contributed by atoms with Gasteiger partial charge in [-0.25, -0.2) is 5.10 Å². The Bertz CT molecular complexity index is 833. The third-order valence-corrected chi connectivity index (χ3v) is 3.00. The zero-order valence-electron chi connectivity index (χ0n) is 10.5. The minimum Gasteiger partial charge on any atom is -0.493 e. The van der Waals surface area contributed by atoms with Crippen molar-refractivity contribution in [1.29, 1.82) is 0 Å². The van der Waals surface area contributed by atoms with Crippen molar-refractivity contribution >= 4 is 16.9 Å². The molecule has 0 saturated carbocycles. The van der Waals surface area contributed by atoms with Crippen LogP contribution in [0.25, 0.3) is 22.2 Å². The van der Waals surface area contributed by atoms with Gasteiger partial charge in [-0.2, -0.15) is 5.10 Å². The second-order valence-corrected chi connectivity index (χ2v) is 4.21. The Morgan fingerprint density at radius 2 is 2.30 bits per heavy atom. The maximum absolute atomic E-state index is 11.8. The number of para-hydroxylation sites is 1. The molecule has 0 radical (unpaired) electrons. The van der Waals surface area contributed by atoms with Crippen LogP contribution in [0.1, 0.15) is 5.76 Å². The number of H-pyrrole nitrogens is 1. The quantitative estimate of drug-likeness (QED) is 0.744. The number of rotatable bonds is 3. The molecule has 0 saturated heterocycles. The lowest BCUT2D eigenvalue weighted by molar-refractivity contribution is -0.136. The Balaban J connectivity index is 2.44. The Labute approximate surface area is 112 Å². The Morgan fingerprint density at radius 1 is 1.50 bits per heavy atom. The van der Waals surface area contributed by atoms with E-state index in [1.807, 2.05) is 0 Å². The van der Waals surface area contributed by atoms with Gasteiger partial charge in [-0.05, 0) is 12.1 Å². The Morgan fingerprint density at radius 3 is 3.00 bits per heavy atom. The maximum atomic E-state index is 11.8. The fourth-order valence-electron chi connectivity index (χ4n) is 2.18. The molecule has 2 heterocycles. The molecule has 2 N–H and O–H groups in total. The number of ether oxygens (including phenoxy) is 1. The number of carbonyl (C=O) groups is 1. The first-order valence-electron chi connectivity index (χ1n) is 5.80. The van der Waals surface area contributed by atoms with E-state index in [4.69, 9.17) is 14.3 Å². The molecule has 2 aliphatic rings. The highest BCUT2D eigenvalue weighted by atomic mass is 16.5. The number of methoxy groups -OCH3 is 1. The highest BCUT2D eigenvalue weighted by molar-refractivity contribution is 5.96. The highest BCUT2D eigenvalue weighted by Gasteiger charge is 2.24. The molecule has 7 nitrogen and oxygen atoms in total. The number of hydrogen-bond donors (Lipinski definition) is 2. The van der Waals surface area contributed by atoms with Crippen LogP contribution in [0, 0.1) is 0 Å². The summed E-state index contributed by atoms with van der Waals surface area (Å²) in [5.41, 5.74) is 0.439. The molecule has 0 amide bonds. The van der Waals surface area contributed by atoms with Gasteiger partial charge in [-0.1, -0.05) is 6.07 Å². The normalized spacial score (nSPS) is 11.1. The molecule has 20 heavy (non-hydrogen) atoms. The standard InChI is InChI=1S/C13H10N2O5/c1-19-7-4-2-3-6-11-10(13(18)15-14-11)8(5-9(16)17)20-12(6)7/h2-4H,5H2,1H3,(H,15,18)(H,16,17). The van der Waals surface area contributed by atoms with Crippen molar-refractivity contribution < 1.29 is 19.1 Å². The summed E-state index contributed by atoms with van der Waals surface area (Å²) in [7, 11) is 1.48. The van der Waals surface area contributed by atoms with Crippen LogP contribution >= 0.6 is 0 Å². The van der Waals surface area contributed by atoms with E-state index >= 15 is 0 Å². The fourth-order valence-corrected chi connectivity index (χ4v) is 2.18. The van der Waals surface area contributed by atoms with Gasteiger partial charge in [0.2, 0.25) is 0 Å². The predicted octanol–water partition coefficient (Wildman–Crippen LogP) is 1.26. The van der Waals surface area contributed by atoms with Crippen molar-refractivity contribution in [2.75, 3.05) is 7.11 Å². The van der Waals surface area contributed by atoms with Crippen molar-refractivity contribution in [3.63, 3.8) is 0 Å². The van der Waals surface area contributed by atoms with E-state index in [-0.39, 0.29) is 11.3 Å². The van der Waals surface area contributed by atoms with Gasteiger partial charge >= 0.3 is 5.97 Å². The molecule has 0 aromatic heterocycles. The van der Waals surface area contributed by atoms with E-state index in [0.29, 0.717) is 22.4 Å². The Hall–Kier alpha value is -2.83. The predicted molar refractivity (Wildman–Crippen MR) is 69.1 cm³/mol. The molecule has 0 fully saturated rings. The maximum Gasteiger partial charge on any atom is 0.311 e. The van der Waals surface area contributed by atoms with Gasteiger partial charge in [0.1, 0.15) is 23.4 Å². The van der Waals surface area contributed by atoms with Gasteiger partial charge in [0, 0.05) is 5.39 Å². The van der Waals surface area contributed by atoms with Gasteiger partial charge in [0.15, 0.2) is 11.3 Å². The number of fused-ring (bicyclic) bond motifs is 3. The summed E-state index contributed by atoms with van der Waals surface area (Å²) in [6.45, 7) is 0. The minimum absolute atomic E-state index is 0.0586. The summed E-state index contributed by atoms with van der Waals surface area (Å²) >= 11 is 0. The first-order valence-corrected chi connectivity index (χ1v) is 5.80. The van der Waals surface area contributed by atoms with E-state index < -0.39 is 17.9 Å². The lowest BCUT2D eigenvalue weighted by Gasteiger charge is -2.09. The molecule has 3 rings (SSSR count). The summed E-state index contributed by atoms with van der Waals surface area (Å²) in [6.07, 6.45) is -0.404. The number of nitrogens with zero attached hydrogens (tertiary/aromatic N) is 1. The molecular formula is C13H10N2O5. The number of hydrogen-bond acceptors (Lipinski definition) is 5. The zero-order valence-corrected chi connectivity index (χ0v) is 10.5. The van der Waals surface area contributed by atoms with Crippen LogP contribution in [-0.4, -0.2) is 28.4 Å². The topological polar surface area (TPSA) is 105 Å². The van der Waals surface area contributed by atoms with E-state index in [0.717, 1.165) is 0 Å². The summed E-state index contributed by atoms with van der Waals surface area (Å²) < 4.78 is 10.8.